The molecular weight excluding hydrogens is 297 g/mol. The molecule has 0 aliphatic carbocycles. The van der Waals surface area contributed by atoms with E-state index in [9.17, 15) is 4.57 Å². The second-order valence-corrected chi connectivity index (χ2v) is 8.65. The SMILES string of the molecule is O=P(Cl)(Cl)c1ccccc1-c1ccccc1Cl. The van der Waals surface area contributed by atoms with Crippen LogP contribution in [0.3, 0.4) is 0 Å². The van der Waals surface area contributed by atoms with Gasteiger partial charge in [-0.3, -0.25) is 4.57 Å². The standard InChI is InChI=1S/C12H8Cl3OP/c13-11-7-3-1-5-9(11)10-6-2-4-8-12(10)17(14,15)16/h1-8H. The summed E-state index contributed by atoms with van der Waals surface area (Å²) >= 11 is 17.6. The number of benzene rings is 2. The van der Waals surface area contributed by atoms with E-state index in [-0.39, 0.29) is 0 Å². The van der Waals surface area contributed by atoms with Gasteiger partial charge < -0.3 is 0 Å². The molecule has 0 saturated carbocycles. The normalized spacial score (nSPS) is 11.5. The maximum absolute atomic E-state index is 11.8. The molecule has 0 bridgehead atoms. The van der Waals surface area contributed by atoms with Crippen molar-refractivity contribution in [1.82, 2.24) is 0 Å². The van der Waals surface area contributed by atoms with Crippen LogP contribution in [0.25, 0.3) is 11.1 Å². The molecule has 0 spiro atoms. The van der Waals surface area contributed by atoms with E-state index in [2.05, 4.69) is 0 Å². The molecule has 2 aromatic rings. The van der Waals surface area contributed by atoms with Crippen molar-refractivity contribution in [3.05, 3.63) is 53.6 Å². The van der Waals surface area contributed by atoms with Crippen LogP contribution in [-0.4, -0.2) is 0 Å². The van der Waals surface area contributed by atoms with Gasteiger partial charge in [0.05, 0.1) is 0 Å². The summed E-state index contributed by atoms with van der Waals surface area (Å²) in [5, 5.41) is 0.984. The molecule has 0 atom stereocenters. The van der Waals surface area contributed by atoms with Gasteiger partial charge in [-0.15, -0.1) is 0 Å². The van der Waals surface area contributed by atoms with Crippen molar-refractivity contribution in [2.24, 2.45) is 0 Å². The number of halogens is 3. The minimum absolute atomic E-state index is 0.413. The monoisotopic (exact) mass is 304 g/mol. The Morgan fingerprint density at radius 2 is 1.35 bits per heavy atom. The molecular formula is C12H8Cl3OP. The maximum Gasteiger partial charge on any atom is 0.282 e. The van der Waals surface area contributed by atoms with Gasteiger partial charge in [-0.2, -0.15) is 0 Å². The average Bonchev–Trinajstić information content (AvgIpc) is 2.28. The van der Waals surface area contributed by atoms with Gasteiger partial charge in [-0.05, 0) is 40.2 Å². The van der Waals surface area contributed by atoms with Crippen molar-refractivity contribution in [1.29, 1.82) is 0 Å². The van der Waals surface area contributed by atoms with E-state index < -0.39 is 5.85 Å². The van der Waals surface area contributed by atoms with Crippen molar-refractivity contribution >= 4 is 45.2 Å². The van der Waals surface area contributed by atoms with Crippen molar-refractivity contribution in [3.8, 4) is 11.1 Å². The fourth-order valence-corrected chi connectivity index (χ4v) is 3.46. The lowest BCUT2D eigenvalue weighted by atomic mass is 10.1. The van der Waals surface area contributed by atoms with Crippen molar-refractivity contribution < 1.29 is 4.57 Å². The zero-order valence-electron chi connectivity index (χ0n) is 8.61. The topological polar surface area (TPSA) is 17.1 Å². The second-order valence-electron chi connectivity index (χ2n) is 3.46. The lowest BCUT2D eigenvalue weighted by molar-refractivity contribution is 0.597. The lowest BCUT2D eigenvalue weighted by Crippen LogP contribution is -2.02. The van der Waals surface area contributed by atoms with Gasteiger partial charge in [0.2, 0.25) is 0 Å². The van der Waals surface area contributed by atoms with Gasteiger partial charge in [0.15, 0.2) is 0 Å². The van der Waals surface area contributed by atoms with Crippen LogP contribution in [0.15, 0.2) is 48.5 Å². The Morgan fingerprint density at radius 3 is 1.94 bits per heavy atom. The molecule has 0 saturated heterocycles. The number of hydrogen-bond acceptors (Lipinski definition) is 1. The van der Waals surface area contributed by atoms with Crippen molar-refractivity contribution in [3.63, 3.8) is 0 Å². The highest BCUT2D eigenvalue weighted by Gasteiger charge is 2.22. The Bertz CT molecular complexity index is 592. The van der Waals surface area contributed by atoms with Crippen LogP contribution >= 0.6 is 39.9 Å². The molecule has 0 aliphatic heterocycles. The van der Waals surface area contributed by atoms with Crippen LogP contribution in [0.5, 0.6) is 0 Å². The van der Waals surface area contributed by atoms with Crippen LogP contribution in [0, 0.1) is 0 Å². The highest BCUT2D eigenvalue weighted by molar-refractivity contribution is 8.13. The third kappa shape index (κ3) is 2.86. The summed E-state index contributed by atoms with van der Waals surface area (Å²) in [6, 6.07) is 14.3. The van der Waals surface area contributed by atoms with Crippen molar-refractivity contribution in [2.75, 3.05) is 0 Å². The predicted octanol–water partition coefficient (Wildman–Crippen LogP) is 5.30. The average molecular weight is 306 g/mol. The zero-order chi connectivity index (χ0) is 12.5. The first-order valence-corrected chi connectivity index (χ1v) is 8.73. The zero-order valence-corrected chi connectivity index (χ0v) is 11.8. The van der Waals surface area contributed by atoms with Crippen LogP contribution in [0.4, 0.5) is 0 Å². The summed E-state index contributed by atoms with van der Waals surface area (Å²) in [6.45, 7) is 0. The third-order valence-corrected chi connectivity index (χ3v) is 4.72. The molecule has 5 heteroatoms. The first-order chi connectivity index (χ1) is 8.00. The summed E-state index contributed by atoms with van der Waals surface area (Å²) in [7, 11) is 0. The fraction of sp³-hybridized carbons (Fsp3) is 0. The molecule has 0 N–H and O–H groups in total. The number of rotatable bonds is 2. The van der Waals surface area contributed by atoms with Crippen LogP contribution in [0.1, 0.15) is 0 Å². The van der Waals surface area contributed by atoms with E-state index in [1.54, 1.807) is 24.3 Å². The predicted molar refractivity (Wildman–Crippen MR) is 75.8 cm³/mol. The Morgan fingerprint density at radius 1 is 0.824 bits per heavy atom. The Kier molecular flexibility index (Phi) is 3.85. The van der Waals surface area contributed by atoms with E-state index in [1.807, 2.05) is 24.3 Å². The van der Waals surface area contributed by atoms with Crippen LogP contribution in [0.2, 0.25) is 5.02 Å². The van der Waals surface area contributed by atoms with Gasteiger partial charge >= 0.3 is 0 Å². The molecule has 2 rings (SSSR count). The Balaban J connectivity index is 2.69. The third-order valence-electron chi connectivity index (χ3n) is 2.35. The molecule has 0 heterocycles. The van der Waals surface area contributed by atoms with E-state index in [1.165, 1.54) is 0 Å². The van der Waals surface area contributed by atoms with E-state index in [0.717, 1.165) is 5.56 Å². The molecule has 0 aliphatic rings. The smallest absolute Gasteiger partial charge is 0.282 e. The van der Waals surface area contributed by atoms with Crippen LogP contribution in [-0.2, 0) is 4.57 Å². The van der Waals surface area contributed by atoms with Gasteiger partial charge in [-0.1, -0.05) is 48.0 Å². The van der Waals surface area contributed by atoms with Crippen LogP contribution < -0.4 is 5.30 Å². The quantitative estimate of drug-likeness (QED) is 0.688. The second kappa shape index (κ2) is 5.04. The molecule has 0 unspecified atom stereocenters. The first-order valence-electron chi connectivity index (χ1n) is 4.84. The summed E-state index contributed by atoms with van der Waals surface area (Å²) in [5.74, 6) is -3.36. The molecule has 1 nitrogen and oxygen atoms in total. The largest absolute Gasteiger partial charge is 0.284 e. The summed E-state index contributed by atoms with van der Waals surface area (Å²) in [6.07, 6.45) is 0. The van der Waals surface area contributed by atoms with Gasteiger partial charge in [0.1, 0.15) is 0 Å². The van der Waals surface area contributed by atoms with E-state index >= 15 is 0 Å². The fourth-order valence-electron chi connectivity index (χ4n) is 1.61. The Hall–Kier alpha value is -0.460. The lowest BCUT2D eigenvalue weighted by Gasteiger charge is -2.11. The molecule has 0 fully saturated rings. The van der Waals surface area contributed by atoms with E-state index in [4.69, 9.17) is 34.1 Å². The van der Waals surface area contributed by atoms with Crippen molar-refractivity contribution in [2.45, 2.75) is 0 Å². The first kappa shape index (κ1) is 13.0. The summed E-state index contributed by atoms with van der Waals surface area (Å²) in [4.78, 5) is 0. The highest BCUT2D eigenvalue weighted by Crippen LogP contribution is 2.57. The summed E-state index contributed by atoms with van der Waals surface area (Å²) < 4.78 is 11.8. The molecule has 2 aromatic carbocycles. The molecule has 0 radical (unpaired) electrons. The maximum atomic E-state index is 11.8. The minimum atomic E-state index is -3.36. The minimum Gasteiger partial charge on any atom is -0.284 e. The van der Waals surface area contributed by atoms with E-state index in [0.29, 0.717) is 15.9 Å². The molecule has 88 valence electrons. The molecule has 0 amide bonds. The Labute approximate surface area is 114 Å². The highest BCUT2D eigenvalue weighted by atomic mass is 35.9. The van der Waals surface area contributed by atoms with Gasteiger partial charge in [-0.25, -0.2) is 0 Å². The summed E-state index contributed by atoms with van der Waals surface area (Å²) in [5.41, 5.74) is 1.47. The van der Waals surface area contributed by atoms with Gasteiger partial charge in [0, 0.05) is 15.9 Å². The number of hydrogen-bond donors (Lipinski definition) is 0. The van der Waals surface area contributed by atoms with Gasteiger partial charge in [0.25, 0.3) is 5.85 Å². The molecule has 0 aromatic heterocycles. The molecule has 17 heavy (non-hydrogen) atoms.